The summed E-state index contributed by atoms with van der Waals surface area (Å²) in [5.74, 6) is -0.0493. The van der Waals surface area contributed by atoms with Crippen LogP contribution < -0.4 is 0 Å². The molecule has 108 valence electrons. The van der Waals surface area contributed by atoms with E-state index in [1.165, 1.54) is 0 Å². The average molecular weight is 283 g/mol. The second kappa shape index (κ2) is 5.40. The van der Waals surface area contributed by atoms with E-state index in [-0.39, 0.29) is 5.91 Å². The number of pyridine rings is 1. The molecule has 0 aromatic carbocycles. The van der Waals surface area contributed by atoms with Gasteiger partial charge in [0.2, 0.25) is 0 Å². The molecule has 0 fully saturated rings. The number of carbonyl (C=O) groups excluding carboxylic acids is 1. The molecule has 3 rings (SSSR count). The predicted molar refractivity (Wildman–Crippen MR) is 78.9 cm³/mol. The van der Waals surface area contributed by atoms with Crippen LogP contribution in [-0.2, 0) is 13.1 Å². The number of fused-ring (bicyclic) bond motifs is 1. The van der Waals surface area contributed by atoms with Crippen LogP contribution in [0, 0.1) is 0 Å². The van der Waals surface area contributed by atoms with Crippen molar-refractivity contribution >= 4 is 11.6 Å². The molecule has 0 bridgehead atoms. The van der Waals surface area contributed by atoms with E-state index in [0.717, 1.165) is 17.9 Å². The predicted octanol–water partition coefficient (Wildman–Crippen LogP) is 1.82. The molecule has 3 aromatic heterocycles. The molecule has 0 aliphatic heterocycles. The first-order chi connectivity index (χ1) is 10.2. The maximum atomic E-state index is 12.3. The Morgan fingerprint density at radius 1 is 1.33 bits per heavy atom. The zero-order valence-electron chi connectivity index (χ0n) is 12.1. The smallest absolute Gasteiger partial charge is 0.257 e. The first kappa shape index (κ1) is 13.4. The normalized spacial score (nSPS) is 11.0. The monoisotopic (exact) mass is 283 g/mol. The molecule has 6 nitrogen and oxygen atoms in total. The van der Waals surface area contributed by atoms with Crippen LogP contribution in [0.4, 0.5) is 0 Å². The van der Waals surface area contributed by atoms with Gasteiger partial charge in [0, 0.05) is 32.2 Å². The topological polar surface area (TPSA) is 55.4 Å². The molecule has 0 atom stereocenters. The number of rotatable bonds is 4. The first-order valence-corrected chi connectivity index (χ1v) is 6.88. The van der Waals surface area contributed by atoms with Crippen molar-refractivity contribution in [2.24, 2.45) is 0 Å². The van der Waals surface area contributed by atoms with Crippen molar-refractivity contribution in [2.45, 2.75) is 20.0 Å². The van der Waals surface area contributed by atoms with Gasteiger partial charge in [0.1, 0.15) is 5.65 Å². The van der Waals surface area contributed by atoms with Crippen molar-refractivity contribution in [3.05, 3.63) is 54.2 Å². The van der Waals surface area contributed by atoms with E-state index in [2.05, 4.69) is 10.1 Å². The molecule has 6 heteroatoms. The molecule has 0 saturated carbocycles. The van der Waals surface area contributed by atoms with Gasteiger partial charge in [-0.25, -0.2) is 4.98 Å². The van der Waals surface area contributed by atoms with Gasteiger partial charge in [-0.1, -0.05) is 6.07 Å². The van der Waals surface area contributed by atoms with Gasteiger partial charge in [-0.2, -0.15) is 5.10 Å². The number of amides is 1. The molecule has 3 aromatic rings. The molecular formula is C15H17N5O. The highest BCUT2D eigenvalue weighted by molar-refractivity contribution is 5.93. The van der Waals surface area contributed by atoms with Gasteiger partial charge in [-0.3, -0.25) is 9.48 Å². The fraction of sp³-hybridized carbons (Fsp3) is 0.267. The second-order valence-electron chi connectivity index (χ2n) is 4.94. The number of aromatic nitrogens is 4. The van der Waals surface area contributed by atoms with Crippen molar-refractivity contribution in [2.75, 3.05) is 7.05 Å². The molecule has 0 radical (unpaired) electrons. The number of hydrogen-bond acceptors (Lipinski definition) is 3. The zero-order valence-corrected chi connectivity index (χ0v) is 12.1. The summed E-state index contributed by atoms with van der Waals surface area (Å²) in [5.41, 5.74) is 2.34. The number of carbonyl (C=O) groups is 1. The Kier molecular flexibility index (Phi) is 3.43. The van der Waals surface area contributed by atoms with E-state index < -0.39 is 0 Å². The van der Waals surface area contributed by atoms with E-state index in [1.807, 2.05) is 41.9 Å². The van der Waals surface area contributed by atoms with E-state index in [1.54, 1.807) is 29.0 Å². The maximum absolute atomic E-state index is 12.3. The van der Waals surface area contributed by atoms with E-state index in [0.29, 0.717) is 12.1 Å². The lowest BCUT2D eigenvalue weighted by Gasteiger charge is -2.14. The molecule has 0 saturated heterocycles. The van der Waals surface area contributed by atoms with Gasteiger partial charge in [0.05, 0.1) is 24.0 Å². The zero-order chi connectivity index (χ0) is 14.8. The number of aryl methyl sites for hydroxylation is 1. The van der Waals surface area contributed by atoms with Crippen LogP contribution in [0.5, 0.6) is 0 Å². The lowest BCUT2D eigenvalue weighted by molar-refractivity contribution is 0.0783. The molecule has 0 unspecified atom stereocenters. The van der Waals surface area contributed by atoms with Crippen molar-refractivity contribution in [3.8, 4) is 0 Å². The lowest BCUT2D eigenvalue weighted by Crippen LogP contribution is -2.26. The highest BCUT2D eigenvalue weighted by Crippen LogP contribution is 2.09. The van der Waals surface area contributed by atoms with Crippen LogP contribution in [-0.4, -0.2) is 37.0 Å². The van der Waals surface area contributed by atoms with Gasteiger partial charge < -0.3 is 9.30 Å². The Morgan fingerprint density at radius 2 is 2.19 bits per heavy atom. The number of nitrogens with zero attached hydrogens (tertiary/aromatic N) is 5. The van der Waals surface area contributed by atoms with Gasteiger partial charge in [0.25, 0.3) is 5.91 Å². The molecule has 0 spiro atoms. The molecule has 0 aliphatic rings. The van der Waals surface area contributed by atoms with Gasteiger partial charge >= 0.3 is 0 Å². The minimum absolute atomic E-state index is 0.0493. The Morgan fingerprint density at radius 3 is 2.90 bits per heavy atom. The summed E-state index contributed by atoms with van der Waals surface area (Å²) >= 11 is 0. The van der Waals surface area contributed by atoms with Crippen LogP contribution in [0.1, 0.15) is 23.0 Å². The van der Waals surface area contributed by atoms with Crippen molar-refractivity contribution in [1.82, 2.24) is 24.1 Å². The third-order valence-electron chi connectivity index (χ3n) is 3.36. The SMILES string of the molecule is CCn1cc(C(=O)N(C)Cc2cn3ccccc3n2)cn1. The van der Waals surface area contributed by atoms with Crippen LogP contribution in [0.3, 0.4) is 0 Å². The van der Waals surface area contributed by atoms with Crippen molar-refractivity contribution in [1.29, 1.82) is 0 Å². The number of hydrogen-bond donors (Lipinski definition) is 0. The summed E-state index contributed by atoms with van der Waals surface area (Å²) in [5, 5.41) is 4.13. The van der Waals surface area contributed by atoms with E-state index >= 15 is 0 Å². The summed E-state index contributed by atoms with van der Waals surface area (Å²) in [7, 11) is 1.77. The Hall–Kier alpha value is -2.63. The maximum Gasteiger partial charge on any atom is 0.257 e. The minimum Gasteiger partial charge on any atom is -0.336 e. The summed E-state index contributed by atoms with van der Waals surface area (Å²) in [6, 6.07) is 5.84. The fourth-order valence-corrected chi connectivity index (χ4v) is 2.25. The summed E-state index contributed by atoms with van der Waals surface area (Å²) in [4.78, 5) is 18.5. The third kappa shape index (κ3) is 2.65. The molecular weight excluding hydrogens is 266 g/mol. The molecule has 0 aliphatic carbocycles. The van der Waals surface area contributed by atoms with E-state index in [9.17, 15) is 4.79 Å². The summed E-state index contributed by atoms with van der Waals surface area (Å²) in [6.45, 7) is 3.21. The quantitative estimate of drug-likeness (QED) is 0.734. The standard InChI is InChI=1S/C15H17N5O/c1-3-20-9-12(8-16-20)15(21)18(2)10-13-11-19-7-5-4-6-14(19)17-13/h4-9,11H,3,10H2,1-2H3. The van der Waals surface area contributed by atoms with Crippen LogP contribution in [0.25, 0.3) is 5.65 Å². The Labute approximate surface area is 122 Å². The molecule has 1 amide bonds. The van der Waals surface area contributed by atoms with Crippen LogP contribution in [0.15, 0.2) is 43.0 Å². The third-order valence-corrected chi connectivity index (χ3v) is 3.36. The molecule has 21 heavy (non-hydrogen) atoms. The number of imidazole rings is 1. The summed E-state index contributed by atoms with van der Waals surface area (Å²) < 4.78 is 3.69. The molecule has 3 heterocycles. The van der Waals surface area contributed by atoms with Crippen LogP contribution >= 0.6 is 0 Å². The first-order valence-electron chi connectivity index (χ1n) is 6.88. The van der Waals surface area contributed by atoms with Crippen molar-refractivity contribution < 1.29 is 4.79 Å². The second-order valence-corrected chi connectivity index (χ2v) is 4.94. The Balaban J connectivity index is 1.75. The average Bonchev–Trinajstić information content (AvgIpc) is 3.12. The summed E-state index contributed by atoms with van der Waals surface area (Å²) in [6.07, 6.45) is 7.25. The minimum atomic E-state index is -0.0493. The highest BCUT2D eigenvalue weighted by Gasteiger charge is 2.15. The van der Waals surface area contributed by atoms with Crippen molar-refractivity contribution in [3.63, 3.8) is 0 Å². The Bertz CT molecular complexity index is 740. The highest BCUT2D eigenvalue weighted by atomic mass is 16.2. The van der Waals surface area contributed by atoms with Gasteiger partial charge in [-0.15, -0.1) is 0 Å². The van der Waals surface area contributed by atoms with Crippen LogP contribution in [0.2, 0.25) is 0 Å². The van der Waals surface area contributed by atoms with Gasteiger partial charge in [0.15, 0.2) is 0 Å². The van der Waals surface area contributed by atoms with Gasteiger partial charge in [-0.05, 0) is 19.1 Å². The lowest BCUT2D eigenvalue weighted by atomic mass is 10.3. The molecule has 0 N–H and O–H groups in total. The van der Waals surface area contributed by atoms with E-state index in [4.69, 9.17) is 0 Å². The fourth-order valence-electron chi connectivity index (χ4n) is 2.25. The largest absolute Gasteiger partial charge is 0.336 e.